The number of aromatic nitrogens is 2. The summed E-state index contributed by atoms with van der Waals surface area (Å²) < 4.78 is 30.2. The van der Waals surface area contributed by atoms with Crippen LogP contribution in [-0.2, 0) is 9.84 Å². The van der Waals surface area contributed by atoms with Gasteiger partial charge in [-0.25, -0.2) is 8.42 Å². The molecule has 0 spiro atoms. The summed E-state index contributed by atoms with van der Waals surface area (Å²) in [5.74, 6) is -0.236. The molecule has 28 heavy (non-hydrogen) atoms. The Morgan fingerprint density at radius 3 is 2.50 bits per heavy atom. The first-order valence-corrected chi connectivity index (χ1v) is 10.3. The highest BCUT2D eigenvalue weighted by Gasteiger charge is 2.21. The van der Waals surface area contributed by atoms with Crippen LogP contribution in [-0.4, -0.2) is 29.8 Å². The van der Waals surface area contributed by atoms with Crippen molar-refractivity contribution in [2.45, 2.75) is 37.8 Å². The van der Waals surface area contributed by atoms with Crippen molar-refractivity contribution in [1.29, 1.82) is 0 Å². The molecule has 0 bridgehead atoms. The minimum atomic E-state index is -3.42. The van der Waals surface area contributed by atoms with Crippen LogP contribution in [0.4, 0.5) is 6.01 Å². The maximum Gasteiger partial charge on any atom is 0.322 e. The number of nitrogens with one attached hydrogen (secondary N) is 1. The predicted octanol–water partition coefficient (Wildman–Crippen LogP) is 3.79. The van der Waals surface area contributed by atoms with E-state index in [9.17, 15) is 13.2 Å². The summed E-state index contributed by atoms with van der Waals surface area (Å²) in [4.78, 5) is 12.6. The van der Waals surface area contributed by atoms with E-state index in [0.29, 0.717) is 11.1 Å². The summed E-state index contributed by atoms with van der Waals surface area (Å²) in [7, 11) is -3.42. The van der Waals surface area contributed by atoms with Gasteiger partial charge >= 0.3 is 6.01 Å². The molecule has 0 unspecified atom stereocenters. The zero-order chi connectivity index (χ0) is 20.5. The summed E-state index contributed by atoms with van der Waals surface area (Å²) >= 11 is 0. The van der Waals surface area contributed by atoms with Crippen molar-refractivity contribution < 1.29 is 17.6 Å². The quantitative estimate of drug-likeness (QED) is 0.700. The van der Waals surface area contributed by atoms with Crippen LogP contribution in [0, 0.1) is 13.8 Å². The third-order valence-corrected chi connectivity index (χ3v) is 6.45. The van der Waals surface area contributed by atoms with E-state index < -0.39 is 15.1 Å². The lowest BCUT2D eigenvalue weighted by Crippen LogP contribution is -2.13. The van der Waals surface area contributed by atoms with Gasteiger partial charge in [-0.1, -0.05) is 28.9 Å². The van der Waals surface area contributed by atoms with E-state index in [1.807, 2.05) is 26.0 Å². The molecule has 1 heterocycles. The molecule has 0 fully saturated rings. The Hall–Kier alpha value is -3.00. The van der Waals surface area contributed by atoms with Crippen LogP contribution in [0.15, 0.2) is 51.8 Å². The molecule has 3 aromatic rings. The minimum absolute atomic E-state index is 0.0582. The number of rotatable bonds is 5. The van der Waals surface area contributed by atoms with Gasteiger partial charge in [-0.15, -0.1) is 5.10 Å². The maximum atomic E-state index is 12.4. The van der Waals surface area contributed by atoms with Crippen LogP contribution in [0.25, 0.3) is 11.5 Å². The van der Waals surface area contributed by atoms with Crippen molar-refractivity contribution in [2.24, 2.45) is 0 Å². The summed E-state index contributed by atoms with van der Waals surface area (Å²) in [5.41, 5.74) is 2.87. The molecule has 0 aliphatic rings. The number of amides is 1. The van der Waals surface area contributed by atoms with Gasteiger partial charge in [0.1, 0.15) is 0 Å². The Morgan fingerprint density at radius 1 is 1.07 bits per heavy atom. The highest BCUT2D eigenvalue weighted by atomic mass is 32.2. The first-order valence-electron chi connectivity index (χ1n) is 8.75. The van der Waals surface area contributed by atoms with E-state index in [-0.39, 0.29) is 22.7 Å². The smallest absolute Gasteiger partial charge is 0.322 e. The number of hydrogen-bond acceptors (Lipinski definition) is 6. The van der Waals surface area contributed by atoms with Crippen LogP contribution in [0.1, 0.15) is 35.3 Å². The van der Waals surface area contributed by atoms with Crippen molar-refractivity contribution in [2.75, 3.05) is 5.32 Å². The molecule has 1 amide bonds. The molecular formula is C20H21N3O4S. The fourth-order valence-electron chi connectivity index (χ4n) is 2.70. The van der Waals surface area contributed by atoms with E-state index >= 15 is 0 Å². The van der Waals surface area contributed by atoms with Gasteiger partial charge in [0.25, 0.3) is 5.91 Å². The van der Waals surface area contributed by atoms with Crippen LogP contribution < -0.4 is 5.32 Å². The van der Waals surface area contributed by atoms with Crippen molar-refractivity contribution in [3.8, 4) is 11.5 Å². The van der Waals surface area contributed by atoms with Gasteiger partial charge in [0.05, 0.1) is 10.1 Å². The van der Waals surface area contributed by atoms with Crippen molar-refractivity contribution in [3.05, 3.63) is 59.2 Å². The molecule has 0 saturated carbocycles. The highest BCUT2D eigenvalue weighted by molar-refractivity contribution is 7.92. The van der Waals surface area contributed by atoms with Gasteiger partial charge in [-0.2, -0.15) is 0 Å². The number of anilines is 1. The molecular weight excluding hydrogens is 378 g/mol. The summed E-state index contributed by atoms with van der Waals surface area (Å²) in [6.45, 7) is 7.04. The molecule has 0 radical (unpaired) electrons. The largest absolute Gasteiger partial charge is 0.403 e. The number of benzene rings is 2. The first-order chi connectivity index (χ1) is 13.2. The SMILES string of the molecule is Cc1ccc(C(=O)Nc2nnc(-c3cccc(S(=O)(=O)C(C)C)c3)o2)c(C)c1. The number of nitrogens with zero attached hydrogens (tertiary/aromatic N) is 2. The fraction of sp³-hybridized carbons (Fsp3) is 0.250. The van der Waals surface area contributed by atoms with Crippen molar-refractivity contribution >= 4 is 21.8 Å². The fourth-order valence-corrected chi connectivity index (χ4v) is 3.81. The van der Waals surface area contributed by atoms with Gasteiger partial charge in [-0.3, -0.25) is 10.1 Å². The average molecular weight is 399 g/mol. The molecule has 0 saturated heterocycles. The third-order valence-electron chi connectivity index (χ3n) is 4.30. The topological polar surface area (TPSA) is 102 Å². The molecule has 7 nitrogen and oxygen atoms in total. The molecule has 2 aromatic carbocycles. The number of sulfone groups is 1. The van der Waals surface area contributed by atoms with Crippen LogP contribution in [0.5, 0.6) is 0 Å². The summed E-state index contributed by atoms with van der Waals surface area (Å²) in [6.07, 6.45) is 0. The maximum absolute atomic E-state index is 12.4. The molecule has 0 aliphatic carbocycles. The van der Waals surface area contributed by atoms with E-state index in [1.54, 1.807) is 32.0 Å². The molecule has 0 aliphatic heterocycles. The van der Waals surface area contributed by atoms with Gasteiger partial charge in [0, 0.05) is 11.1 Å². The number of carbonyl (C=O) groups excluding carboxylic acids is 1. The molecule has 8 heteroatoms. The Morgan fingerprint density at radius 2 is 1.82 bits per heavy atom. The van der Waals surface area contributed by atoms with E-state index in [4.69, 9.17) is 4.42 Å². The number of carbonyl (C=O) groups is 1. The monoisotopic (exact) mass is 399 g/mol. The Balaban J connectivity index is 1.84. The molecule has 3 rings (SSSR count). The van der Waals surface area contributed by atoms with Gasteiger partial charge in [0.2, 0.25) is 5.89 Å². The second-order valence-corrected chi connectivity index (χ2v) is 9.31. The molecule has 0 atom stereocenters. The lowest BCUT2D eigenvalue weighted by Gasteiger charge is -2.08. The van der Waals surface area contributed by atoms with E-state index in [2.05, 4.69) is 15.5 Å². The average Bonchev–Trinajstić information content (AvgIpc) is 3.10. The zero-order valence-electron chi connectivity index (χ0n) is 16.1. The van der Waals surface area contributed by atoms with Crippen molar-refractivity contribution in [1.82, 2.24) is 10.2 Å². The summed E-state index contributed by atoms with van der Waals surface area (Å²) in [6, 6.07) is 11.7. The van der Waals surface area contributed by atoms with Crippen molar-refractivity contribution in [3.63, 3.8) is 0 Å². The van der Waals surface area contributed by atoms with Gasteiger partial charge < -0.3 is 4.42 Å². The van der Waals surface area contributed by atoms with E-state index in [1.165, 1.54) is 12.1 Å². The normalized spacial score (nSPS) is 11.6. The molecule has 1 aromatic heterocycles. The van der Waals surface area contributed by atoms with Crippen LogP contribution in [0.3, 0.4) is 0 Å². The highest BCUT2D eigenvalue weighted by Crippen LogP contribution is 2.25. The third kappa shape index (κ3) is 3.96. The Bertz CT molecular complexity index is 1130. The van der Waals surface area contributed by atoms with Gasteiger partial charge in [0.15, 0.2) is 9.84 Å². The molecule has 146 valence electrons. The van der Waals surface area contributed by atoms with Crippen LogP contribution in [0.2, 0.25) is 0 Å². The lowest BCUT2D eigenvalue weighted by molar-refractivity contribution is 0.102. The zero-order valence-corrected chi connectivity index (χ0v) is 16.9. The first kappa shape index (κ1) is 19.8. The standard InChI is InChI=1S/C20H21N3O4S/c1-12(2)28(25,26)16-7-5-6-15(11-16)19-22-23-20(27-19)21-18(24)17-9-8-13(3)10-14(17)4/h5-12H,1-4H3,(H,21,23,24). The number of hydrogen-bond donors (Lipinski definition) is 1. The predicted molar refractivity (Wildman–Crippen MR) is 106 cm³/mol. The second-order valence-electron chi connectivity index (χ2n) is 6.81. The summed E-state index contributed by atoms with van der Waals surface area (Å²) in [5, 5.41) is 9.78. The van der Waals surface area contributed by atoms with E-state index in [0.717, 1.165) is 11.1 Å². The van der Waals surface area contributed by atoms with Gasteiger partial charge in [-0.05, 0) is 57.5 Å². The minimum Gasteiger partial charge on any atom is -0.403 e. The second kappa shape index (κ2) is 7.55. The Labute approximate surface area is 163 Å². The Kier molecular flexibility index (Phi) is 5.33. The number of aryl methyl sites for hydroxylation is 2. The van der Waals surface area contributed by atoms with Crippen LogP contribution >= 0.6 is 0 Å². The molecule has 1 N–H and O–H groups in total. The lowest BCUT2D eigenvalue weighted by atomic mass is 10.1.